The summed E-state index contributed by atoms with van der Waals surface area (Å²) >= 11 is -0.750. The molecule has 6 heteroatoms. The smallest absolute Gasteiger partial charge is 0.811 e. The molecule has 0 bridgehead atoms. The fourth-order valence-electron chi connectivity index (χ4n) is 0. The van der Waals surface area contributed by atoms with Crippen LogP contribution < -0.4 is 59.1 Å². The quantitative estimate of drug-likeness (QED) is 0.270. The van der Waals surface area contributed by atoms with Crippen molar-refractivity contribution in [2.75, 3.05) is 7.11 Å². The Bertz CT molecular complexity index is 12.9. The summed E-state index contributed by atoms with van der Waals surface area (Å²) < 4.78 is 16.6. The van der Waals surface area contributed by atoms with Crippen molar-refractivity contribution in [3.63, 3.8) is 0 Å². The first-order valence-corrected chi connectivity index (χ1v) is 1.45. The van der Waals surface area contributed by atoms with Crippen LogP contribution in [0.15, 0.2) is 0 Å². The summed E-state index contributed by atoms with van der Waals surface area (Å²) in [4.78, 5) is 0. The van der Waals surface area contributed by atoms with Crippen molar-refractivity contribution >= 4 is 12.3 Å². The van der Waals surface area contributed by atoms with E-state index in [0.717, 1.165) is 7.11 Å². The van der Waals surface area contributed by atoms with Gasteiger partial charge in [0.05, 0.1) is 0 Å². The van der Waals surface area contributed by atoms with Gasteiger partial charge in [0, 0.05) is 7.11 Å². The number of aliphatic hydroxyl groups excluding tert-OH is 1. The summed E-state index contributed by atoms with van der Waals surface area (Å²) in [6.07, 6.45) is 0. The van der Waals surface area contributed by atoms with Crippen molar-refractivity contribution in [3.05, 3.63) is 0 Å². The second-order valence-corrected chi connectivity index (χ2v) is 0.204. The van der Waals surface area contributed by atoms with Gasteiger partial charge in [-0.15, -0.1) is 0 Å². The molecular formula is CH4Na2O3S. The topological polar surface area (TPSA) is 66.3 Å². The summed E-state index contributed by atoms with van der Waals surface area (Å²) in [6.45, 7) is 0. The molecule has 0 atom stereocenters. The van der Waals surface area contributed by atoms with E-state index < -0.39 is 12.3 Å². The zero-order valence-electron chi connectivity index (χ0n) is 4.67. The Hall–Kier alpha value is 2.23. The van der Waals surface area contributed by atoms with Gasteiger partial charge in [-0.1, -0.05) is 0 Å². The second kappa shape index (κ2) is 41.2. The monoisotopic (exact) mass is 142 g/mol. The molecule has 0 fully saturated rings. The van der Waals surface area contributed by atoms with Crippen LogP contribution in [0, 0.1) is 0 Å². The summed E-state index contributed by atoms with van der Waals surface area (Å²) in [5.41, 5.74) is 0. The van der Waals surface area contributed by atoms with Crippen LogP contribution in [-0.2, 0) is 0 Å². The van der Waals surface area contributed by atoms with E-state index in [2.05, 4.69) is 0 Å². The van der Waals surface area contributed by atoms with E-state index in [1.165, 1.54) is 0 Å². The van der Waals surface area contributed by atoms with E-state index in [1.807, 2.05) is 0 Å². The summed E-state index contributed by atoms with van der Waals surface area (Å²) in [5, 5.41) is 7.00. The average molecular weight is 142 g/mol. The van der Waals surface area contributed by atoms with Crippen LogP contribution in [-0.4, -0.2) is 21.3 Å². The number of rotatable bonds is 0. The zero-order valence-corrected chi connectivity index (χ0v) is 9.49. The summed E-state index contributed by atoms with van der Waals surface area (Å²) in [7, 11) is 1.00. The third kappa shape index (κ3) is 64.2. The Morgan fingerprint density at radius 2 is 1.14 bits per heavy atom. The molecule has 0 aliphatic carbocycles. The van der Waals surface area contributed by atoms with E-state index in [0.29, 0.717) is 0 Å². The molecule has 0 radical (unpaired) electrons. The second-order valence-electron chi connectivity index (χ2n) is 0.0680. The Balaban J connectivity index is -0.0000000105. The normalized spacial score (nSPS) is 3.43. The van der Waals surface area contributed by atoms with Gasteiger partial charge in [-0.25, -0.2) is 0 Å². The maximum atomic E-state index is 8.29. The zero-order chi connectivity index (χ0) is 4.71. The maximum Gasteiger partial charge on any atom is 1.00 e. The molecule has 7 heavy (non-hydrogen) atoms. The van der Waals surface area contributed by atoms with Crippen LogP contribution in [0.4, 0.5) is 0 Å². The number of hydrogen-bond donors (Lipinski definition) is 1. The summed E-state index contributed by atoms with van der Waals surface area (Å²) in [5.74, 6) is 0. The van der Waals surface area contributed by atoms with E-state index in [4.69, 9.17) is 14.2 Å². The van der Waals surface area contributed by atoms with Crippen LogP contribution in [0.25, 0.3) is 0 Å². The van der Waals surface area contributed by atoms with Gasteiger partial charge in [-0.3, -0.25) is 0 Å². The maximum absolute atomic E-state index is 8.29. The van der Waals surface area contributed by atoms with Gasteiger partial charge in [0.15, 0.2) is 0 Å². The molecule has 0 aliphatic heterocycles. The third-order valence-electron chi connectivity index (χ3n) is 0. The van der Waals surface area contributed by atoms with E-state index in [1.54, 1.807) is 0 Å². The van der Waals surface area contributed by atoms with Gasteiger partial charge in [-0.2, -0.15) is 0 Å². The van der Waals surface area contributed by atoms with Gasteiger partial charge in [0.2, 0.25) is 0 Å². The number of aliphatic hydroxyl groups is 1. The van der Waals surface area contributed by atoms with Gasteiger partial charge < -0.3 is 26.5 Å². The Kier molecular flexibility index (Phi) is 135. The van der Waals surface area contributed by atoms with E-state index >= 15 is 0 Å². The molecule has 0 rings (SSSR count). The number of hydrogen-bond acceptors (Lipinski definition) is 4. The van der Waals surface area contributed by atoms with Crippen LogP contribution in [0.3, 0.4) is 0 Å². The van der Waals surface area contributed by atoms with Crippen LogP contribution in [0.2, 0.25) is 0 Å². The molecule has 0 saturated carbocycles. The molecule has 0 saturated heterocycles. The van der Waals surface area contributed by atoms with Crippen molar-refractivity contribution < 1.29 is 73.3 Å². The van der Waals surface area contributed by atoms with Gasteiger partial charge >= 0.3 is 59.1 Å². The Morgan fingerprint density at radius 3 is 1.14 bits per heavy atom. The van der Waals surface area contributed by atoms with Crippen molar-refractivity contribution in [1.82, 2.24) is 0 Å². The molecule has 3 nitrogen and oxygen atoms in total. The van der Waals surface area contributed by atoms with E-state index in [-0.39, 0.29) is 59.1 Å². The standard InChI is InChI=1S/CH4O.2Na.H2O2S/c1-2;;;1-3-2/h2H,1H3;;;1-2H/q;2*+1;/p-2. The van der Waals surface area contributed by atoms with Gasteiger partial charge in [0.1, 0.15) is 0 Å². The molecule has 0 aliphatic rings. The largest absolute Gasteiger partial charge is 1.00 e. The average Bonchev–Trinajstić information content (AvgIpc) is 1.46. The van der Waals surface area contributed by atoms with Crippen LogP contribution in [0.1, 0.15) is 0 Å². The van der Waals surface area contributed by atoms with Crippen molar-refractivity contribution in [2.24, 2.45) is 0 Å². The molecule has 0 spiro atoms. The van der Waals surface area contributed by atoms with Crippen molar-refractivity contribution in [2.45, 2.75) is 0 Å². The van der Waals surface area contributed by atoms with Gasteiger partial charge in [-0.05, 0) is 0 Å². The molecular weight excluding hydrogens is 138 g/mol. The SMILES string of the molecule is CO.[Na+].[Na+].[O-]S[O-]. The predicted octanol–water partition coefficient (Wildman–Crippen LogP) is -6.40. The minimum atomic E-state index is -0.750. The van der Waals surface area contributed by atoms with Crippen LogP contribution in [0.5, 0.6) is 0 Å². The summed E-state index contributed by atoms with van der Waals surface area (Å²) in [6, 6.07) is 0. The van der Waals surface area contributed by atoms with E-state index in [9.17, 15) is 0 Å². The predicted molar refractivity (Wildman–Crippen MR) is 17.3 cm³/mol. The Labute approximate surface area is 91.5 Å². The fraction of sp³-hybridized carbons (Fsp3) is 1.00. The van der Waals surface area contributed by atoms with Crippen LogP contribution >= 0.6 is 12.3 Å². The molecule has 0 aromatic carbocycles. The van der Waals surface area contributed by atoms with Gasteiger partial charge in [0.25, 0.3) is 0 Å². The first kappa shape index (κ1) is 22.9. The van der Waals surface area contributed by atoms with Crippen molar-refractivity contribution in [3.8, 4) is 0 Å². The molecule has 0 heterocycles. The fourth-order valence-corrected chi connectivity index (χ4v) is 0. The molecule has 0 amide bonds. The first-order chi connectivity index (χ1) is 2.41. The molecule has 0 unspecified atom stereocenters. The Morgan fingerprint density at radius 1 is 1.14 bits per heavy atom. The minimum absolute atomic E-state index is 0. The van der Waals surface area contributed by atoms with Crippen molar-refractivity contribution in [1.29, 1.82) is 0 Å². The molecule has 34 valence electrons. The minimum Gasteiger partial charge on any atom is -0.811 e. The molecule has 0 aromatic rings. The molecule has 1 N–H and O–H groups in total. The molecule has 0 aromatic heterocycles. The first-order valence-electron chi connectivity index (χ1n) is 0.781. The third-order valence-corrected chi connectivity index (χ3v) is 0.